The summed E-state index contributed by atoms with van der Waals surface area (Å²) < 4.78 is 1.68. The van der Waals surface area contributed by atoms with E-state index in [9.17, 15) is 14.7 Å². The highest BCUT2D eigenvalue weighted by atomic mass is 16.3. The summed E-state index contributed by atoms with van der Waals surface area (Å²) in [6.07, 6.45) is 3.31. The van der Waals surface area contributed by atoms with Gasteiger partial charge in [0.1, 0.15) is 17.1 Å². The number of fused-ring (bicyclic) bond motifs is 1. The monoisotopic (exact) mass is 325 g/mol. The molecule has 1 aromatic carbocycles. The summed E-state index contributed by atoms with van der Waals surface area (Å²) >= 11 is 0. The van der Waals surface area contributed by atoms with Gasteiger partial charge in [-0.05, 0) is 36.4 Å². The zero-order valence-electron chi connectivity index (χ0n) is 13.8. The Morgan fingerprint density at radius 2 is 1.71 bits per heavy atom. The molecule has 3 rings (SSSR count). The van der Waals surface area contributed by atoms with E-state index in [0.717, 1.165) is 0 Å². The molecular formula is C18H19N3O3. The predicted molar refractivity (Wildman–Crippen MR) is 92.6 cm³/mol. The Kier molecular flexibility index (Phi) is 5.31. The lowest BCUT2D eigenvalue weighted by Crippen LogP contribution is -2.11. The number of ketones is 1. The minimum atomic E-state index is -0.286. The van der Waals surface area contributed by atoms with Gasteiger partial charge >= 0.3 is 0 Å². The van der Waals surface area contributed by atoms with E-state index in [1.54, 1.807) is 28.9 Å². The van der Waals surface area contributed by atoms with Gasteiger partial charge in [0.2, 0.25) is 0 Å². The van der Waals surface area contributed by atoms with Crippen LogP contribution in [0.4, 0.5) is 5.69 Å². The second-order valence-corrected chi connectivity index (χ2v) is 4.87. The van der Waals surface area contributed by atoms with Gasteiger partial charge in [-0.3, -0.25) is 9.59 Å². The molecular weight excluding hydrogens is 306 g/mol. The Labute approximate surface area is 139 Å². The van der Waals surface area contributed by atoms with Crippen LogP contribution in [0.5, 0.6) is 5.75 Å². The zero-order chi connectivity index (χ0) is 17.7. The van der Waals surface area contributed by atoms with E-state index in [1.165, 1.54) is 31.2 Å². The van der Waals surface area contributed by atoms with Gasteiger partial charge in [-0.1, -0.05) is 13.8 Å². The molecule has 0 aliphatic rings. The van der Waals surface area contributed by atoms with E-state index in [2.05, 4.69) is 10.3 Å². The fourth-order valence-electron chi connectivity index (χ4n) is 2.05. The number of nitrogens with one attached hydrogen (secondary N) is 1. The molecule has 124 valence electrons. The Balaban J connectivity index is 0.00000100. The molecule has 0 radical (unpaired) electrons. The number of phenols is 1. The molecule has 0 bridgehead atoms. The largest absolute Gasteiger partial charge is 0.508 e. The number of amides is 1. The maximum atomic E-state index is 12.1. The van der Waals surface area contributed by atoms with Crippen LogP contribution in [0.3, 0.4) is 0 Å². The standard InChI is InChI=1S/C16H13N3O3.C2H6/c1-10(20)14-9-19-8-12(4-7-15(19)18-14)17-16(22)11-2-5-13(21)6-3-11;1-2/h2-9,21H,1H3,(H,17,22);1-2H3. The third kappa shape index (κ3) is 3.78. The maximum Gasteiger partial charge on any atom is 0.255 e. The van der Waals surface area contributed by atoms with Crippen molar-refractivity contribution in [3.63, 3.8) is 0 Å². The first-order chi connectivity index (χ1) is 11.5. The Bertz CT molecular complexity index is 867. The van der Waals surface area contributed by atoms with Crippen molar-refractivity contribution in [3.05, 3.63) is 60.0 Å². The molecule has 2 heterocycles. The van der Waals surface area contributed by atoms with Crippen molar-refractivity contribution in [2.75, 3.05) is 5.32 Å². The highest BCUT2D eigenvalue weighted by Gasteiger charge is 2.09. The molecule has 2 N–H and O–H groups in total. The van der Waals surface area contributed by atoms with Crippen LogP contribution < -0.4 is 5.32 Å². The normalized spacial score (nSPS) is 9.96. The van der Waals surface area contributed by atoms with E-state index in [0.29, 0.717) is 22.6 Å². The summed E-state index contributed by atoms with van der Waals surface area (Å²) in [6, 6.07) is 9.41. The van der Waals surface area contributed by atoms with Gasteiger partial charge in [0.05, 0.1) is 5.69 Å². The number of aromatic nitrogens is 2. The van der Waals surface area contributed by atoms with Crippen molar-refractivity contribution in [2.45, 2.75) is 20.8 Å². The number of carbonyl (C=O) groups excluding carboxylic acids is 2. The van der Waals surface area contributed by atoms with Gasteiger partial charge in [0.15, 0.2) is 5.78 Å². The summed E-state index contributed by atoms with van der Waals surface area (Å²) in [4.78, 5) is 27.6. The number of hydrogen-bond acceptors (Lipinski definition) is 4. The lowest BCUT2D eigenvalue weighted by molar-refractivity contribution is 0.100. The second kappa shape index (κ2) is 7.41. The number of hydrogen-bond donors (Lipinski definition) is 2. The van der Waals surface area contributed by atoms with Gasteiger partial charge in [-0.2, -0.15) is 0 Å². The number of phenolic OH excluding ortho intramolecular Hbond substituents is 1. The van der Waals surface area contributed by atoms with Gasteiger partial charge in [-0.25, -0.2) is 4.98 Å². The molecule has 0 atom stereocenters. The number of Topliss-reactive ketones (excluding diaryl/α,β-unsaturated/α-hetero) is 1. The summed E-state index contributed by atoms with van der Waals surface area (Å²) in [6.45, 7) is 5.45. The lowest BCUT2D eigenvalue weighted by atomic mass is 10.2. The number of nitrogens with zero attached hydrogens (tertiary/aromatic N) is 2. The van der Waals surface area contributed by atoms with E-state index >= 15 is 0 Å². The molecule has 0 spiro atoms. The molecule has 0 aliphatic heterocycles. The topological polar surface area (TPSA) is 83.7 Å². The summed E-state index contributed by atoms with van der Waals surface area (Å²) in [5.41, 5.74) is 2.03. The van der Waals surface area contributed by atoms with Crippen molar-refractivity contribution < 1.29 is 14.7 Å². The quantitative estimate of drug-likeness (QED) is 0.722. The summed E-state index contributed by atoms with van der Waals surface area (Å²) in [7, 11) is 0. The van der Waals surface area contributed by atoms with Crippen molar-refractivity contribution in [3.8, 4) is 5.75 Å². The molecule has 0 aliphatic carbocycles. The molecule has 2 aromatic heterocycles. The van der Waals surface area contributed by atoms with E-state index in [1.807, 2.05) is 13.8 Å². The second-order valence-electron chi connectivity index (χ2n) is 4.87. The number of pyridine rings is 1. The molecule has 6 heteroatoms. The molecule has 0 saturated carbocycles. The molecule has 0 saturated heterocycles. The van der Waals surface area contributed by atoms with Crippen LogP contribution >= 0.6 is 0 Å². The fraction of sp³-hybridized carbons (Fsp3) is 0.167. The maximum absolute atomic E-state index is 12.1. The predicted octanol–water partition coefficient (Wildman–Crippen LogP) is 3.52. The minimum Gasteiger partial charge on any atom is -0.508 e. The number of carbonyl (C=O) groups is 2. The number of benzene rings is 1. The van der Waals surface area contributed by atoms with E-state index in [-0.39, 0.29) is 17.4 Å². The highest BCUT2D eigenvalue weighted by molar-refractivity contribution is 6.04. The highest BCUT2D eigenvalue weighted by Crippen LogP contribution is 2.15. The van der Waals surface area contributed by atoms with Crippen LogP contribution in [0.25, 0.3) is 5.65 Å². The Morgan fingerprint density at radius 3 is 2.33 bits per heavy atom. The average Bonchev–Trinajstić information content (AvgIpc) is 3.01. The van der Waals surface area contributed by atoms with Gasteiger partial charge < -0.3 is 14.8 Å². The van der Waals surface area contributed by atoms with Gasteiger partial charge in [-0.15, -0.1) is 0 Å². The van der Waals surface area contributed by atoms with E-state index in [4.69, 9.17) is 0 Å². The van der Waals surface area contributed by atoms with Gasteiger partial charge in [0, 0.05) is 24.9 Å². The van der Waals surface area contributed by atoms with Crippen molar-refractivity contribution in [1.82, 2.24) is 9.38 Å². The summed E-state index contributed by atoms with van der Waals surface area (Å²) in [5.74, 6) is -0.294. The first kappa shape index (κ1) is 17.2. The Hall–Kier alpha value is -3.15. The number of imidazole rings is 1. The van der Waals surface area contributed by atoms with Gasteiger partial charge in [0.25, 0.3) is 5.91 Å². The van der Waals surface area contributed by atoms with Crippen LogP contribution in [0, 0.1) is 0 Å². The molecule has 0 fully saturated rings. The van der Waals surface area contributed by atoms with Crippen LogP contribution in [-0.2, 0) is 0 Å². The first-order valence-electron chi connectivity index (χ1n) is 7.63. The van der Waals surface area contributed by atoms with Crippen molar-refractivity contribution >= 4 is 23.0 Å². The molecule has 24 heavy (non-hydrogen) atoms. The molecule has 0 unspecified atom stereocenters. The van der Waals surface area contributed by atoms with Crippen molar-refractivity contribution in [2.24, 2.45) is 0 Å². The molecule has 1 amide bonds. The number of anilines is 1. The lowest BCUT2D eigenvalue weighted by Gasteiger charge is -2.06. The summed E-state index contributed by atoms with van der Waals surface area (Å²) in [5, 5.41) is 12.0. The minimum absolute atomic E-state index is 0.105. The van der Waals surface area contributed by atoms with Crippen LogP contribution in [0.1, 0.15) is 41.6 Å². The SMILES string of the molecule is CC.CC(=O)c1cn2cc(NC(=O)c3ccc(O)cc3)ccc2n1. The number of aromatic hydroxyl groups is 1. The zero-order valence-corrected chi connectivity index (χ0v) is 13.8. The smallest absolute Gasteiger partial charge is 0.255 e. The Morgan fingerprint density at radius 1 is 1.04 bits per heavy atom. The molecule has 3 aromatic rings. The molecule has 6 nitrogen and oxygen atoms in total. The third-order valence-corrected chi connectivity index (χ3v) is 3.20. The third-order valence-electron chi connectivity index (χ3n) is 3.20. The van der Waals surface area contributed by atoms with E-state index < -0.39 is 0 Å². The fourth-order valence-corrected chi connectivity index (χ4v) is 2.05. The van der Waals surface area contributed by atoms with Crippen LogP contribution in [0.15, 0.2) is 48.8 Å². The first-order valence-corrected chi connectivity index (χ1v) is 7.63. The number of rotatable bonds is 3. The van der Waals surface area contributed by atoms with Crippen LogP contribution in [-0.4, -0.2) is 26.2 Å². The van der Waals surface area contributed by atoms with Crippen molar-refractivity contribution in [1.29, 1.82) is 0 Å². The average molecular weight is 325 g/mol. The van der Waals surface area contributed by atoms with Crippen LogP contribution in [0.2, 0.25) is 0 Å².